The Morgan fingerprint density at radius 2 is 1.89 bits per heavy atom. The summed E-state index contributed by atoms with van der Waals surface area (Å²) in [5, 5.41) is 0. The lowest BCUT2D eigenvalue weighted by Crippen LogP contribution is -2.50. The van der Waals surface area contributed by atoms with Crippen LogP contribution in [0.5, 0.6) is 5.75 Å². The minimum absolute atomic E-state index is 0.0754. The van der Waals surface area contributed by atoms with Crippen LogP contribution in [0.15, 0.2) is 45.6 Å². The highest BCUT2D eigenvalue weighted by Crippen LogP contribution is 2.37. The fourth-order valence-electron chi connectivity index (χ4n) is 3.84. The number of alkyl halides is 1. The molecule has 1 aromatic carbocycles. The molecule has 196 valence electrons. The van der Waals surface area contributed by atoms with Crippen LogP contribution in [-0.2, 0) is 20.8 Å². The highest BCUT2D eigenvalue weighted by molar-refractivity contribution is 9.09. The van der Waals surface area contributed by atoms with E-state index in [1.165, 1.54) is 13.2 Å². The van der Waals surface area contributed by atoms with E-state index in [1.807, 2.05) is 30.3 Å². The van der Waals surface area contributed by atoms with Gasteiger partial charge < -0.3 is 23.4 Å². The van der Waals surface area contributed by atoms with E-state index in [4.69, 9.17) is 23.4 Å². The largest absolute Gasteiger partial charge is 0.481 e. The van der Waals surface area contributed by atoms with Crippen LogP contribution >= 0.6 is 15.9 Å². The van der Waals surface area contributed by atoms with Crippen LogP contribution in [0.3, 0.4) is 0 Å². The first-order valence-electron chi connectivity index (χ1n) is 11.6. The summed E-state index contributed by atoms with van der Waals surface area (Å²) in [5.41, 5.74) is -1.26. The predicted octanol–water partition coefficient (Wildman–Crippen LogP) is 5.20. The minimum Gasteiger partial charge on any atom is -0.481 e. The number of hydrogen-bond donors (Lipinski definition) is 0. The minimum atomic E-state index is -0.882. The van der Waals surface area contributed by atoms with Crippen molar-refractivity contribution in [3.8, 4) is 5.75 Å². The molecule has 1 amide bonds. The van der Waals surface area contributed by atoms with Crippen LogP contribution in [-0.4, -0.2) is 48.0 Å². The topological polar surface area (TPSA) is 105 Å². The smallest absolute Gasteiger partial charge is 0.412 e. The number of ether oxygens (including phenoxy) is 4. The number of halogens is 1. The molecule has 1 saturated heterocycles. The van der Waals surface area contributed by atoms with E-state index < -0.39 is 33.6 Å². The number of amides is 1. The van der Waals surface area contributed by atoms with E-state index in [0.717, 1.165) is 5.56 Å². The molecule has 3 rings (SSSR count). The molecule has 0 spiro atoms. The third-order valence-corrected chi connectivity index (χ3v) is 6.30. The van der Waals surface area contributed by atoms with E-state index in [2.05, 4.69) is 15.9 Å². The zero-order valence-electron chi connectivity index (χ0n) is 21.3. The molecule has 2 unspecified atom stereocenters. The molecule has 0 N–H and O–H groups in total. The van der Waals surface area contributed by atoms with E-state index >= 15 is 0 Å². The maximum atomic E-state index is 13.0. The Kier molecular flexibility index (Phi) is 8.51. The molecule has 10 heteroatoms. The molecule has 36 heavy (non-hydrogen) atoms. The first-order valence-corrected chi connectivity index (χ1v) is 12.5. The molecule has 1 aliphatic heterocycles. The van der Waals surface area contributed by atoms with E-state index in [0.29, 0.717) is 6.42 Å². The number of nitrogens with zero attached hydrogens (tertiary/aromatic N) is 1. The van der Waals surface area contributed by atoms with Gasteiger partial charge in [0.15, 0.2) is 0 Å². The summed E-state index contributed by atoms with van der Waals surface area (Å²) >= 11 is 3.55. The lowest BCUT2D eigenvalue weighted by Gasteiger charge is -2.35. The SMILES string of the molecule is COC(=O)c1oc(C(Br)CC2COC(C)(C)N2C(=O)OC(C)(C)C)cc(=O)c1OCc1ccccc1. The van der Waals surface area contributed by atoms with Gasteiger partial charge in [0.2, 0.25) is 11.2 Å². The Labute approximate surface area is 218 Å². The fraction of sp³-hybridized carbons (Fsp3) is 0.500. The molecule has 9 nitrogen and oxygen atoms in total. The molecule has 1 aliphatic rings. The molecule has 1 fully saturated rings. The Hall–Kier alpha value is -2.85. The summed E-state index contributed by atoms with van der Waals surface area (Å²) in [6, 6.07) is 10.1. The number of rotatable bonds is 7. The van der Waals surface area contributed by atoms with Crippen molar-refractivity contribution in [2.24, 2.45) is 0 Å². The van der Waals surface area contributed by atoms with Crippen molar-refractivity contribution in [1.82, 2.24) is 4.90 Å². The lowest BCUT2D eigenvalue weighted by atomic mass is 10.1. The molecular formula is C26H32BrNO8. The van der Waals surface area contributed by atoms with Crippen molar-refractivity contribution in [2.75, 3.05) is 13.7 Å². The Morgan fingerprint density at radius 1 is 1.22 bits per heavy atom. The number of hydrogen-bond acceptors (Lipinski definition) is 8. The maximum Gasteiger partial charge on any atom is 0.412 e. The molecule has 1 aromatic heterocycles. The summed E-state index contributed by atoms with van der Waals surface area (Å²) in [7, 11) is 1.19. The summed E-state index contributed by atoms with van der Waals surface area (Å²) in [5.74, 6) is -1.19. The molecule has 0 radical (unpaired) electrons. The van der Waals surface area contributed by atoms with Gasteiger partial charge in [-0.25, -0.2) is 9.59 Å². The second-order valence-electron chi connectivity index (χ2n) is 9.90. The van der Waals surface area contributed by atoms with Gasteiger partial charge in [0.1, 0.15) is 23.7 Å². The van der Waals surface area contributed by atoms with Crippen LogP contribution < -0.4 is 10.2 Å². The average molecular weight is 566 g/mol. The normalized spacial score (nSPS) is 18.0. The van der Waals surface area contributed by atoms with Crippen molar-refractivity contribution in [1.29, 1.82) is 0 Å². The Balaban J connectivity index is 1.84. The number of carbonyl (C=O) groups is 2. The predicted molar refractivity (Wildman–Crippen MR) is 135 cm³/mol. The van der Waals surface area contributed by atoms with Gasteiger partial charge in [-0.3, -0.25) is 9.69 Å². The zero-order chi connectivity index (χ0) is 26.7. The number of esters is 1. The summed E-state index contributed by atoms with van der Waals surface area (Å²) < 4.78 is 27.7. The van der Waals surface area contributed by atoms with Crippen molar-refractivity contribution in [2.45, 2.75) is 69.8 Å². The third kappa shape index (κ3) is 6.67. The number of benzene rings is 1. The Morgan fingerprint density at radius 3 is 2.50 bits per heavy atom. The summed E-state index contributed by atoms with van der Waals surface area (Å²) in [4.78, 5) is 39.3. The molecular weight excluding hydrogens is 534 g/mol. The second-order valence-corrected chi connectivity index (χ2v) is 11.0. The molecule has 2 heterocycles. The van der Waals surface area contributed by atoms with Gasteiger partial charge in [-0.2, -0.15) is 0 Å². The summed E-state index contributed by atoms with van der Waals surface area (Å²) in [6.07, 6.45) is -0.174. The van der Waals surface area contributed by atoms with Crippen LogP contribution in [0, 0.1) is 0 Å². The van der Waals surface area contributed by atoms with Crippen molar-refractivity contribution >= 4 is 28.0 Å². The van der Waals surface area contributed by atoms with Crippen LogP contribution in [0.1, 0.15) is 67.7 Å². The van der Waals surface area contributed by atoms with Gasteiger partial charge in [0.05, 0.1) is 24.6 Å². The lowest BCUT2D eigenvalue weighted by molar-refractivity contribution is -0.0627. The molecule has 2 aromatic rings. The van der Waals surface area contributed by atoms with Gasteiger partial charge in [-0.1, -0.05) is 46.3 Å². The van der Waals surface area contributed by atoms with E-state index in [9.17, 15) is 14.4 Å². The Bertz CT molecular complexity index is 1140. The van der Waals surface area contributed by atoms with Crippen LogP contribution in [0.2, 0.25) is 0 Å². The quantitative estimate of drug-likeness (QED) is 0.333. The zero-order valence-corrected chi connectivity index (χ0v) is 22.9. The third-order valence-electron chi connectivity index (χ3n) is 5.47. The molecule has 0 saturated carbocycles. The van der Waals surface area contributed by atoms with Gasteiger partial charge in [0.25, 0.3) is 5.76 Å². The van der Waals surface area contributed by atoms with Gasteiger partial charge >= 0.3 is 12.1 Å². The average Bonchev–Trinajstić information content (AvgIpc) is 3.10. The highest BCUT2D eigenvalue weighted by Gasteiger charge is 2.46. The van der Waals surface area contributed by atoms with Gasteiger partial charge in [-0.05, 0) is 46.6 Å². The maximum absolute atomic E-state index is 13.0. The van der Waals surface area contributed by atoms with Crippen LogP contribution in [0.4, 0.5) is 4.79 Å². The molecule has 0 aliphatic carbocycles. The first kappa shape index (κ1) is 27.7. The monoisotopic (exact) mass is 565 g/mol. The number of carbonyl (C=O) groups excluding carboxylic acids is 2. The first-order chi connectivity index (χ1) is 16.8. The standard InChI is InChI=1S/C26H32BrNO8/c1-25(2,3)36-24(31)28-17(15-34-26(28,4)5)12-18(27)20-13-19(29)21(22(35-20)23(30)32-6)33-14-16-10-8-7-9-11-16/h7-11,13,17-18H,12,14-15H2,1-6H3. The van der Waals surface area contributed by atoms with Gasteiger partial charge in [-0.15, -0.1) is 0 Å². The molecule has 2 atom stereocenters. The van der Waals surface area contributed by atoms with Gasteiger partial charge in [0, 0.05) is 6.07 Å². The van der Waals surface area contributed by atoms with E-state index in [-0.39, 0.29) is 36.5 Å². The van der Waals surface area contributed by atoms with E-state index in [1.54, 1.807) is 39.5 Å². The molecule has 0 bridgehead atoms. The fourth-order valence-corrected chi connectivity index (χ4v) is 4.50. The van der Waals surface area contributed by atoms with Crippen molar-refractivity contribution in [3.63, 3.8) is 0 Å². The van der Waals surface area contributed by atoms with Crippen molar-refractivity contribution in [3.05, 3.63) is 63.7 Å². The second kappa shape index (κ2) is 11.0. The van der Waals surface area contributed by atoms with Crippen LogP contribution in [0.25, 0.3) is 0 Å². The number of methoxy groups -OCH3 is 1. The highest BCUT2D eigenvalue weighted by atomic mass is 79.9. The van der Waals surface area contributed by atoms with Crippen molar-refractivity contribution < 1.29 is 33.0 Å². The summed E-state index contributed by atoms with van der Waals surface area (Å²) in [6.45, 7) is 9.29.